The van der Waals surface area contributed by atoms with Gasteiger partial charge in [-0.15, -0.1) is 0 Å². The zero-order valence-corrected chi connectivity index (χ0v) is 8.40. The number of hydrogen-bond donors (Lipinski definition) is 1. The molecule has 1 aromatic heterocycles. The van der Waals surface area contributed by atoms with Gasteiger partial charge >= 0.3 is 0 Å². The minimum absolute atomic E-state index is 0.413. The molecule has 0 saturated heterocycles. The Morgan fingerprint density at radius 3 is 2.92 bits per heavy atom. The van der Waals surface area contributed by atoms with Crippen LogP contribution in [-0.2, 0) is 6.54 Å². The molecule has 0 spiro atoms. The topological polar surface area (TPSA) is 38.0 Å². The molecule has 0 aliphatic carbocycles. The maximum atomic E-state index is 9.39. The predicted molar refractivity (Wildman–Crippen MR) is 52.4 cm³/mol. The van der Waals surface area contributed by atoms with Gasteiger partial charge in [-0.25, -0.2) is 0 Å². The second-order valence-electron chi connectivity index (χ2n) is 3.36. The van der Waals surface area contributed by atoms with E-state index in [9.17, 15) is 5.11 Å². The SMILES string of the molecule is CCCCCn1nccc1[C@H](C)O. The van der Waals surface area contributed by atoms with Crippen LogP contribution in [0.5, 0.6) is 0 Å². The van der Waals surface area contributed by atoms with E-state index in [1.807, 2.05) is 10.7 Å². The van der Waals surface area contributed by atoms with Crippen molar-refractivity contribution in [2.24, 2.45) is 0 Å². The van der Waals surface area contributed by atoms with E-state index in [1.165, 1.54) is 12.8 Å². The number of aliphatic hydroxyl groups is 1. The molecule has 13 heavy (non-hydrogen) atoms. The quantitative estimate of drug-likeness (QED) is 0.708. The predicted octanol–water partition coefficient (Wildman–Crippen LogP) is 2.13. The van der Waals surface area contributed by atoms with Crippen LogP contribution >= 0.6 is 0 Å². The highest BCUT2D eigenvalue weighted by Gasteiger charge is 2.06. The number of unbranched alkanes of at least 4 members (excludes halogenated alkanes) is 2. The fourth-order valence-electron chi connectivity index (χ4n) is 1.40. The van der Waals surface area contributed by atoms with E-state index in [0.717, 1.165) is 18.7 Å². The lowest BCUT2D eigenvalue weighted by Gasteiger charge is -2.08. The van der Waals surface area contributed by atoms with Crippen molar-refractivity contribution in [3.63, 3.8) is 0 Å². The Kier molecular flexibility index (Phi) is 3.96. The van der Waals surface area contributed by atoms with Crippen molar-refractivity contribution in [2.75, 3.05) is 0 Å². The second-order valence-corrected chi connectivity index (χ2v) is 3.36. The Hall–Kier alpha value is -0.830. The summed E-state index contributed by atoms with van der Waals surface area (Å²) < 4.78 is 1.89. The largest absolute Gasteiger partial charge is 0.387 e. The fourth-order valence-corrected chi connectivity index (χ4v) is 1.40. The van der Waals surface area contributed by atoms with E-state index in [1.54, 1.807) is 13.1 Å². The van der Waals surface area contributed by atoms with Crippen molar-refractivity contribution >= 4 is 0 Å². The average molecular weight is 182 g/mol. The summed E-state index contributed by atoms with van der Waals surface area (Å²) in [4.78, 5) is 0. The van der Waals surface area contributed by atoms with E-state index in [4.69, 9.17) is 0 Å². The number of aliphatic hydroxyl groups excluding tert-OH is 1. The van der Waals surface area contributed by atoms with Gasteiger partial charge in [0.25, 0.3) is 0 Å². The van der Waals surface area contributed by atoms with Crippen LogP contribution in [0.25, 0.3) is 0 Å². The molecule has 0 aliphatic rings. The standard InChI is InChI=1S/C10H18N2O/c1-3-4-5-8-12-10(9(2)13)6-7-11-12/h6-7,9,13H,3-5,8H2,1-2H3/t9-/m0/s1. The summed E-state index contributed by atoms with van der Waals surface area (Å²) >= 11 is 0. The molecule has 0 bridgehead atoms. The number of rotatable bonds is 5. The van der Waals surface area contributed by atoms with Gasteiger partial charge < -0.3 is 5.11 Å². The number of nitrogens with zero attached hydrogens (tertiary/aromatic N) is 2. The van der Waals surface area contributed by atoms with Crippen molar-refractivity contribution in [3.05, 3.63) is 18.0 Å². The fraction of sp³-hybridized carbons (Fsp3) is 0.700. The van der Waals surface area contributed by atoms with Crippen molar-refractivity contribution in [1.82, 2.24) is 9.78 Å². The smallest absolute Gasteiger partial charge is 0.0928 e. The third-order valence-electron chi connectivity index (χ3n) is 2.15. The Morgan fingerprint density at radius 1 is 1.54 bits per heavy atom. The normalized spacial score (nSPS) is 13.2. The molecule has 74 valence electrons. The average Bonchev–Trinajstić information content (AvgIpc) is 2.53. The molecule has 1 aromatic rings. The van der Waals surface area contributed by atoms with Gasteiger partial charge in [0.1, 0.15) is 0 Å². The van der Waals surface area contributed by atoms with Crippen molar-refractivity contribution in [3.8, 4) is 0 Å². The number of aromatic nitrogens is 2. The zero-order chi connectivity index (χ0) is 9.68. The molecule has 1 atom stereocenters. The third-order valence-corrected chi connectivity index (χ3v) is 2.15. The molecule has 1 heterocycles. The molecule has 3 heteroatoms. The summed E-state index contributed by atoms with van der Waals surface area (Å²) in [5.74, 6) is 0. The maximum Gasteiger partial charge on any atom is 0.0928 e. The van der Waals surface area contributed by atoms with Crippen LogP contribution in [0.4, 0.5) is 0 Å². The Morgan fingerprint density at radius 2 is 2.31 bits per heavy atom. The summed E-state index contributed by atoms with van der Waals surface area (Å²) in [7, 11) is 0. The maximum absolute atomic E-state index is 9.39. The summed E-state index contributed by atoms with van der Waals surface area (Å²) in [5.41, 5.74) is 0.913. The first-order chi connectivity index (χ1) is 6.25. The van der Waals surface area contributed by atoms with E-state index < -0.39 is 6.10 Å². The first kappa shape index (κ1) is 10.3. The molecule has 0 aromatic carbocycles. The third kappa shape index (κ3) is 2.84. The highest BCUT2D eigenvalue weighted by molar-refractivity contribution is 5.02. The van der Waals surface area contributed by atoms with Gasteiger partial charge in [-0.1, -0.05) is 19.8 Å². The van der Waals surface area contributed by atoms with Crippen LogP contribution in [0.1, 0.15) is 44.9 Å². The summed E-state index contributed by atoms with van der Waals surface area (Å²) in [5, 5.41) is 13.6. The van der Waals surface area contributed by atoms with Crippen molar-refractivity contribution in [2.45, 2.75) is 45.8 Å². The molecule has 0 aliphatic heterocycles. The Balaban J connectivity index is 2.50. The molecular formula is C10H18N2O. The van der Waals surface area contributed by atoms with Crippen LogP contribution in [0.2, 0.25) is 0 Å². The minimum Gasteiger partial charge on any atom is -0.387 e. The van der Waals surface area contributed by atoms with Gasteiger partial charge in [0.05, 0.1) is 11.8 Å². The van der Waals surface area contributed by atoms with Crippen molar-refractivity contribution < 1.29 is 5.11 Å². The first-order valence-corrected chi connectivity index (χ1v) is 4.95. The number of aryl methyl sites for hydroxylation is 1. The van der Waals surface area contributed by atoms with Gasteiger partial charge in [-0.2, -0.15) is 5.10 Å². The van der Waals surface area contributed by atoms with Gasteiger partial charge in [0.15, 0.2) is 0 Å². The zero-order valence-electron chi connectivity index (χ0n) is 8.40. The lowest BCUT2D eigenvalue weighted by Crippen LogP contribution is -2.07. The van der Waals surface area contributed by atoms with Crippen LogP contribution in [0.15, 0.2) is 12.3 Å². The van der Waals surface area contributed by atoms with Gasteiger partial charge in [-0.3, -0.25) is 4.68 Å². The van der Waals surface area contributed by atoms with Crippen LogP contribution < -0.4 is 0 Å². The monoisotopic (exact) mass is 182 g/mol. The Bertz CT molecular complexity index is 243. The molecule has 3 nitrogen and oxygen atoms in total. The highest BCUT2D eigenvalue weighted by atomic mass is 16.3. The summed E-state index contributed by atoms with van der Waals surface area (Å²) in [6, 6.07) is 1.87. The lowest BCUT2D eigenvalue weighted by atomic mass is 10.2. The van der Waals surface area contributed by atoms with Crippen LogP contribution in [0, 0.1) is 0 Å². The van der Waals surface area contributed by atoms with Crippen molar-refractivity contribution in [1.29, 1.82) is 0 Å². The van der Waals surface area contributed by atoms with E-state index in [2.05, 4.69) is 12.0 Å². The summed E-state index contributed by atoms with van der Waals surface area (Å²) in [6.45, 7) is 4.87. The lowest BCUT2D eigenvalue weighted by molar-refractivity contribution is 0.186. The second kappa shape index (κ2) is 5.02. The molecule has 0 saturated carbocycles. The van der Waals surface area contributed by atoms with Crippen LogP contribution in [0.3, 0.4) is 0 Å². The molecule has 0 fully saturated rings. The highest BCUT2D eigenvalue weighted by Crippen LogP contribution is 2.11. The van der Waals surface area contributed by atoms with E-state index in [-0.39, 0.29) is 0 Å². The molecule has 1 rings (SSSR count). The summed E-state index contributed by atoms with van der Waals surface area (Å²) in [6.07, 6.45) is 4.90. The van der Waals surface area contributed by atoms with Gasteiger partial charge in [0, 0.05) is 12.7 Å². The Labute approximate surface area is 79.4 Å². The van der Waals surface area contributed by atoms with Gasteiger partial charge in [0.2, 0.25) is 0 Å². The minimum atomic E-state index is -0.413. The van der Waals surface area contributed by atoms with E-state index >= 15 is 0 Å². The van der Waals surface area contributed by atoms with E-state index in [0.29, 0.717) is 0 Å². The number of hydrogen-bond acceptors (Lipinski definition) is 2. The van der Waals surface area contributed by atoms with Gasteiger partial charge in [-0.05, 0) is 19.4 Å². The first-order valence-electron chi connectivity index (χ1n) is 4.95. The van der Waals surface area contributed by atoms with Crippen LogP contribution in [-0.4, -0.2) is 14.9 Å². The molecule has 0 radical (unpaired) electrons. The molecular weight excluding hydrogens is 164 g/mol. The molecule has 0 unspecified atom stereocenters. The molecule has 0 amide bonds. The molecule has 1 N–H and O–H groups in total.